The number of carboxylic acid groups (broad SMARTS) is 1. The fourth-order valence-electron chi connectivity index (χ4n) is 2.58. The van der Waals surface area contributed by atoms with Gasteiger partial charge in [-0.1, -0.05) is 6.42 Å². The van der Waals surface area contributed by atoms with Crippen LogP contribution in [0.3, 0.4) is 0 Å². The quantitative estimate of drug-likeness (QED) is 0.677. The van der Waals surface area contributed by atoms with E-state index in [1.807, 2.05) is 7.05 Å². The summed E-state index contributed by atoms with van der Waals surface area (Å²) in [5.74, 6) is -2.49. The van der Waals surface area contributed by atoms with E-state index in [2.05, 4.69) is 10.2 Å². The second-order valence-corrected chi connectivity index (χ2v) is 7.85. The molecule has 1 heterocycles. The zero-order valence-electron chi connectivity index (χ0n) is 12.5. The fraction of sp³-hybridized carbons (Fsp3) is 0.846. The molecule has 0 radical (unpaired) electrons. The van der Waals surface area contributed by atoms with Crippen molar-refractivity contribution in [3.8, 4) is 0 Å². The fourth-order valence-corrected chi connectivity index (χ4v) is 4.11. The van der Waals surface area contributed by atoms with E-state index >= 15 is 0 Å². The molecule has 1 saturated heterocycles. The number of rotatable bonds is 7. The summed E-state index contributed by atoms with van der Waals surface area (Å²) in [5.41, 5.74) is 0. The van der Waals surface area contributed by atoms with Gasteiger partial charge in [-0.05, 0) is 32.9 Å². The summed E-state index contributed by atoms with van der Waals surface area (Å²) in [6.45, 7) is 2.13. The minimum Gasteiger partial charge on any atom is -0.480 e. The van der Waals surface area contributed by atoms with E-state index in [1.165, 1.54) is 6.92 Å². The first-order chi connectivity index (χ1) is 9.71. The van der Waals surface area contributed by atoms with Gasteiger partial charge in [0, 0.05) is 13.0 Å². The topological polar surface area (TPSA) is 104 Å². The molecule has 21 heavy (non-hydrogen) atoms. The number of hydrogen-bond acceptors (Lipinski definition) is 5. The number of likely N-dealkylation sites (tertiary alicyclic amines) is 1. The number of amides is 1. The number of carboxylic acids is 1. The smallest absolute Gasteiger partial charge is 0.327 e. The minimum atomic E-state index is -3.52. The Hall–Kier alpha value is -1.15. The van der Waals surface area contributed by atoms with Crippen LogP contribution in [0.25, 0.3) is 0 Å². The van der Waals surface area contributed by atoms with Gasteiger partial charge in [-0.2, -0.15) is 0 Å². The summed E-state index contributed by atoms with van der Waals surface area (Å²) in [4.78, 5) is 24.1. The van der Waals surface area contributed by atoms with Gasteiger partial charge < -0.3 is 15.3 Å². The maximum absolute atomic E-state index is 12.0. The summed E-state index contributed by atoms with van der Waals surface area (Å²) in [6, 6.07) is -1.14. The summed E-state index contributed by atoms with van der Waals surface area (Å²) >= 11 is 0. The zero-order valence-corrected chi connectivity index (χ0v) is 13.4. The molecular formula is C13H24N2O5S. The van der Waals surface area contributed by atoms with E-state index in [-0.39, 0.29) is 11.8 Å². The molecule has 7 nitrogen and oxygen atoms in total. The number of sulfone groups is 1. The standard InChI is InChI=1S/C13H24N2O5S/c1-10(16)14-12(13(17)18)9-21(19,20)8-6-11-5-3-4-7-15(11)2/h11-12H,3-9H2,1-2H3,(H,14,16)(H,17,18). The molecule has 1 aliphatic heterocycles. The highest BCUT2D eigenvalue weighted by molar-refractivity contribution is 7.91. The van der Waals surface area contributed by atoms with Gasteiger partial charge in [-0.3, -0.25) is 4.79 Å². The number of piperidine rings is 1. The van der Waals surface area contributed by atoms with Crippen LogP contribution in [0.5, 0.6) is 0 Å². The van der Waals surface area contributed by atoms with Crippen LogP contribution >= 0.6 is 0 Å². The Balaban J connectivity index is 2.55. The number of hydrogen-bond donors (Lipinski definition) is 2. The molecule has 0 bridgehead atoms. The lowest BCUT2D eigenvalue weighted by Crippen LogP contribution is -2.45. The lowest BCUT2D eigenvalue weighted by Gasteiger charge is -2.32. The summed E-state index contributed by atoms with van der Waals surface area (Å²) in [7, 11) is -1.54. The average Bonchev–Trinajstić information content (AvgIpc) is 2.36. The first-order valence-corrected chi connectivity index (χ1v) is 8.94. The normalized spacial score (nSPS) is 21.7. The molecule has 0 spiro atoms. The van der Waals surface area contributed by atoms with E-state index in [0.29, 0.717) is 6.42 Å². The third kappa shape index (κ3) is 6.43. The predicted octanol–water partition coefficient (Wildman–Crippen LogP) is -0.135. The first-order valence-electron chi connectivity index (χ1n) is 7.12. The van der Waals surface area contributed by atoms with Crippen LogP contribution in [0, 0.1) is 0 Å². The van der Waals surface area contributed by atoms with Crippen molar-refractivity contribution in [1.29, 1.82) is 0 Å². The van der Waals surface area contributed by atoms with Gasteiger partial charge >= 0.3 is 5.97 Å². The Morgan fingerprint density at radius 1 is 1.38 bits per heavy atom. The molecule has 0 aromatic heterocycles. The highest BCUT2D eigenvalue weighted by Crippen LogP contribution is 2.18. The van der Waals surface area contributed by atoms with E-state index in [0.717, 1.165) is 25.8 Å². The Morgan fingerprint density at radius 3 is 2.57 bits per heavy atom. The van der Waals surface area contributed by atoms with Gasteiger partial charge in [-0.25, -0.2) is 13.2 Å². The lowest BCUT2D eigenvalue weighted by molar-refractivity contribution is -0.140. The van der Waals surface area contributed by atoms with Gasteiger partial charge in [0.25, 0.3) is 0 Å². The molecule has 1 fully saturated rings. The van der Waals surface area contributed by atoms with Crippen molar-refractivity contribution in [3.63, 3.8) is 0 Å². The lowest BCUT2D eigenvalue weighted by atomic mass is 10.0. The molecule has 2 atom stereocenters. The highest BCUT2D eigenvalue weighted by atomic mass is 32.2. The summed E-state index contributed by atoms with van der Waals surface area (Å²) in [6.07, 6.45) is 3.70. The number of aliphatic carboxylic acids is 1. The van der Waals surface area contributed by atoms with Crippen LogP contribution in [-0.4, -0.2) is 67.5 Å². The van der Waals surface area contributed by atoms with Gasteiger partial charge in [0.2, 0.25) is 5.91 Å². The summed E-state index contributed by atoms with van der Waals surface area (Å²) < 4.78 is 24.1. The first kappa shape index (κ1) is 17.9. The van der Waals surface area contributed by atoms with Gasteiger partial charge in [0.05, 0.1) is 11.5 Å². The molecule has 1 amide bonds. The van der Waals surface area contributed by atoms with Crippen molar-refractivity contribution in [3.05, 3.63) is 0 Å². The van der Waals surface area contributed by atoms with E-state index < -0.39 is 33.5 Å². The van der Waals surface area contributed by atoms with Crippen molar-refractivity contribution < 1.29 is 23.1 Å². The van der Waals surface area contributed by atoms with Crippen molar-refractivity contribution in [2.75, 3.05) is 25.1 Å². The van der Waals surface area contributed by atoms with E-state index in [1.54, 1.807) is 0 Å². The second kappa shape index (κ2) is 7.74. The largest absolute Gasteiger partial charge is 0.480 e. The maximum atomic E-state index is 12.0. The van der Waals surface area contributed by atoms with Crippen molar-refractivity contribution in [1.82, 2.24) is 10.2 Å². The Kier molecular flexibility index (Phi) is 6.60. The third-order valence-electron chi connectivity index (χ3n) is 3.78. The zero-order chi connectivity index (χ0) is 16.0. The maximum Gasteiger partial charge on any atom is 0.327 e. The Bertz CT molecular complexity index is 477. The van der Waals surface area contributed by atoms with Crippen LogP contribution in [0.15, 0.2) is 0 Å². The number of nitrogens with one attached hydrogen (secondary N) is 1. The van der Waals surface area contributed by atoms with Crippen LogP contribution in [0.1, 0.15) is 32.6 Å². The SMILES string of the molecule is CC(=O)NC(CS(=O)(=O)CCC1CCCCN1C)C(=O)O. The molecule has 0 aromatic rings. The van der Waals surface area contributed by atoms with Crippen molar-refractivity contribution in [2.45, 2.75) is 44.7 Å². The molecule has 0 aromatic carbocycles. The van der Waals surface area contributed by atoms with Gasteiger partial charge in [0.15, 0.2) is 9.84 Å². The van der Waals surface area contributed by atoms with Gasteiger partial charge in [0.1, 0.15) is 6.04 Å². The number of nitrogens with zero attached hydrogens (tertiary/aromatic N) is 1. The van der Waals surface area contributed by atoms with Gasteiger partial charge in [-0.15, -0.1) is 0 Å². The predicted molar refractivity (Wildman–Crippen MR) is 78.8 cm³/mol. The number of carbonyl (C=O) groups excluding carboxylic acids is 1. The van der Waals surface area contributed by atoms with Crippen LogP contribution < -0.4 is 5.32 Å². The third-order valence-corrected chi connectivity index (χ3v) is 5.48. The molecule has 1 rings (SSSR count). The van der Waals surface area contributed by atoms with Crippen molar-refractivity contribution >= 4 is 21.7 Å². The molecule has 122 valence electrons. The van der Waals surface area contributed by atoms with Crippen LogP contribution in [-0.2, 0) is 19.4 Å². The molecular weight excluding hydrogens is 296 g/mol. The van der Waals surface area contributed by atoms with E-state index in [4.69, 9.17) is 5.11 Å². The Morgan fingerprint density at radius 2 is 2.05 bits per heavy atom. The molecule has 0 saturated carbocycles. The molecule has 1 aliphatic rings. The number of carbonyl (C=O) groups is 2. The molecule has 2 unspecified atom stereocenters. The minimum absolute atomic E-state index is 0.0502. The molecule has 8 heteroatoms. The van der Waals surface area contributed by atoms with Crippen molar-refractivity contribution in [2.24, 2.45) is 0 Å². The second-order valence-electron chi connectivity index (χ2n) is 5.62. The highest BCUT2D eigenvalue weighted by Gasteiger charge is 2.27. The molecule has 0 aliphatic carbocycles. The average molecular weight is 320 g/mol. The van der Waals surface area contributed by atoms with Crippen LogP contribution in [0.2, 0.25) is 0 Å². The monoisotopic (exact) mass is 320 g/mol. The summed E-state index contributed by atoms with van der Waals surface area (Å²) in [5, 5.41) is 11.1. The molecule has 2 N–H and O–H groups in total. The Labute approximate surface area is 125 Å². The van der Waals surface area contributed by atoms with Crippen LogP contribution in [0.4, 0.5) is 0 Å². The van der Waals surface area contributed by atoms with E-state index in [9.17, 15) is 18.0 Å².